The van der Waals surface area contributed by atoms with E-state index in [1.165, 1.54) is 44.5 Å². The molecule has 0 heterocycles. The minimum Gasteiger partial charge on any atom is -0.0622 e. The zero-order chi connectivity index (χ0) is 20.9. The number of rotatable bonds is 5. The van der Waals surface area contributed by atoms with Crippen molar-refractivity contribution < 1.29 is 0 Å². The number of hydrogen-bond acceptors (Lipinski definition) is 0. The molecular formula is C31H24. The first-order valence-electron chi connectivity index (χ1n) is 10.7. The maximum atomic E-state index is 2.30. The van der Waals surface area contributed by atoms with Crippen molar-refractivity contribution in [1.82, 2.24) is 0 Å². The summed E-state index contributed by atoms with van der Waals surface area (Å²) in [6, 6.07) is 47.7. The molecule has 5 rings (SSSR count). The van der Waals surface area contributed by atoms with E-state index in [1.807, 2.05) is 0 Å². The average molecular weight is 397 g/mol. The van der Waals surface area contributed by atoms with Gasteiger partial charge in [-0.2, -0.15) is 0 Å². The van der Waals surface area contributed by atoms with Crippen LogP contribution < -0.4 is 0 Å². The molecule has 0 aliphatic carbocycles. The normalized spacial score (nSPS) is 10.7. The Hall–Kier alpha value is -3.90. The molecule has 0 bridgehead atoms. The molecule has 31 heavy (non-hydrogen) atoms. The van der Waals surface area contributed by atoms with Gasteiger partial charge in [-0.3, -0.25) is 0 Å². The van der Waals surface area contributed by atoms with Crippen molar-refractivity contribution in [1.29, 1.82) is 0 Å². The molecule has 0 fully saturated rings. The van der Waals surface area contributed by atoms with E-state index in [0.29, 0.717) is 0 Å². The summed E-state index contributed by atoms with van der Waals surface area (Å²) in [7, 11) is 0. The molecule has 0 saturated heterocycles. The third kappa shape index (κ3) is 4.49. The zero-order valence-corrected chi connectivity index (χ0v) is 17.4. The van der Waals surface area contributed by atoms with Gasteiger partial charge in [0, 0.05) is 0 Å². The molecule has 0 radical (unpaired) electrons. The first-order valence-corrected chi connectivity index (χ1v) is 10.7. The minimum atomic E-state index is 0.936. The third-order valence-electron chi connectivity index (χ3n) is 5.70. The second kappa shape index (κ2) is 8.85. The van der Waals surface area contributed by atoms with Crippen LogP contribution in [0.2, 0.25) is 0 Å². The SMILES string of the molecule is c1ccc(-c2cccc(Cc3ccc(-c4cccc(-c5ccccc5)c4)cc3)c2)cc1. The average Bonchev–Trinajstić information content (AvgIpc) is 2.86. The Balaban J connectivity index is 1.36. The molecule has 0 amide bonds. The van der Waals surface area contributed by atoms with Gasteiger partial charge in [0.1, 0.15) is 0 Å². The molecule has 0 heteroatoms. The van der Waals surface area contributed by atoms with E-state index in [2.05, 4.69) is 133 Å². The largest absolute Gasteiger partial charge is 0.0622 e. The summed E-state index contributed by atoms with van der Waals surface area (Å²) >= 11 is 0. The van der Waals surface area contributed by atoms with Crippen LogP contribution in [0.3, 0.4) is 0 Å². The molecule has 0 nitrogen and oxygen atoms in total. The van der Waals surface area contributed by atoms with E-state index in [-0.39, 0.29) is 0 Å². The first kappa shape index (κ1) is 19.1. The van der Waals surface area contributed by atoms with Crippen LogP contribution in [0.4, 0.5) is 0 Å². The maximum absolute atomic E-state index is 2.30. The van der Waals surface area contributed by atoms with Gasteiger partial charge in [0.2, 0.25) is 0 Å². The van der Waals surface area contributed by atoms with E-state index in [4.69, 9.17) is 0 Å². The molecule has 148 valence electrons. The first-order chi connectivity index (χ1) is 15.3. The predicted molar refractivity (Wildman–Crippen MR) is 132 cm³/mol. The van der Waals surface area contributed by atoms with Crippen LogP contribution in [0.5, 0.6) is 0 Å². The summed E-state index contributed by atoms with van der Waals surface area (Å²) in [5.41, 5.74) is 10.2. The lowest BCUT2D eigenvalue weighted by Crippen LogP contribution is -1.89. The van der Waals surface area contributed by atoms with Crippen molar-refractivity contribution in [3.63, 3.8) is 0 Å². The highest BCUT2D eigenvalue weighted by Gasteiger charge is 2.04. The number of benzene rings is 5. The highest BCUT2D eigenvalue weighted by atomic mass is 14.1. The van der Waals surface area contributed by atoms with Crippen molar-refractivity contribution in [2.45, 2.75) is 6.42 Å². The Bertz CT molecular complexity index is 1270. The maximum Gasteiger partial charge on any atom is -0.00255 e. The summed E-state index contributed by atoms with van der Waals surface area (Å²) < 4.78 is 0. The van der Waals surface area contributed by atoms with Gasteiger partial charge in [-0.1, -0.05) is 127 Å². The van der Waals surface area contributed by atoms with Crippen molar-refractivity contribution in [2.24, 2.45) is 0 Å². The summed E-state index contributed by atoms with van der Waals surface area (Å²) in [6.45, 7) is 0. The monoisotopic (exact) mass is 396 g/mol. The van der Waals surface area contributed by atoms with Crippen LogP contribution in [0.1, 0.15) is 11.1 Å². The Morgan fingerprint density at radius 2 is 0.742 bits per heavy atom. The summed E-state index contributed by atoms with van der Waals surface area (Å²) in [6.07, 6.45) is 0.936. The highest BCUT2D eigenvalue weighted by molar-refractivity contribution is 5.73. The second-order valence-corrected chi connectivity index (χ2v) is 7.89. The van der Waals surface area contributed by atoms with Gasteiger partial charge in [0.05, 0.1) is 0 Å². The minimum absolute atomic E-state index is 0.936. The fourth-order valence-electron chi connectivity index (χ4n) is 4.05. The molecule has 5 aromatic carbocycles. The molecule has 0 N–H and O–H groups in total. The van der Waals surface area contributed by atoms with Crippen LogP contribution in [0.15, 0.2) is 133 Å². The van der Waals surface area contributed by atoms with Gasteiger partial charge in [0.25, 0.3) is 0 Å². The van der Waals surface area contributed by atoms with E-state index < -0.39 is 0 Å². The fraction of sp³-hybridized carbons (Fsp3) is 0.0323. The lowest BCUT2D eigenvalue weighted by Gasteiger charge is -2.09. The van der Waals surface area contributed by atoms with Gasteiger partial charge in [-0.15, -0.1) is 0 Å². The molecular weight excluding hydrogens is 372 g/mol. The zero-order valence-electron chi connectivity index (χ0n) is 17.4. The fourth-order valence-corrected chi connectivity index (χ4v) is 4.05. The van der Waals surface area contributed by atoms with Gasteiger partial charge in [-0.25, -0.2) is 0 Å². The van der Waals surface area contributed by atoms with E-state index in [9.17, 15) is 0 Å². The van der Waals surface area contributed by atoms with Crippen LogP contribution in [-0.2, 0) is 6.42 Å². The molecule has 0 aliphatic heterocycles. The van der Waals surface area contributed by atoms with Gasteiger partial charge in [0.15, 0.2) is 0 Å². The van der Waals surface area contributed by atoms with Crippen LogP contribution >= 0.6 is 0 Å². The van der Waals surface area contributed by atoms with Crippen molar-refractivity contribution in [2.75, 3.05) is 0 Å². The quantitative estimate of drug-likeness (QED) is 0.280. The molecule has 0 spiro atoms. The summed E-state index contributed by atoms with van der Waals surface area (Å²) in [4.78, 5) is 0. The molecule has 0 saturated carbocycles. The van der Waals surface area contributed by atoms with E-state index in [0.717, 1.165) is 6.42 Å². The van der Waals surface area contributed by atoms with Crippen LogP contribution in [-0.4, -0.2) is 0 Å². The standard InChI is InChI=1S/C31H24/c1-3-10-26(11-4-1)29-14-7-9-25(22-29)21-24-17-19-28(20-18-24)31-16-8-15-30(23-31)27-12-5-2-6-13-27/h1-20,22-23H,21H2. The number of hydrogen-bond donors (Lipinski definition) is 0. The van der Waals surface area contributed by atoms with Crippen molar-refractivity contribution in [3.8, 4) is 33.4 Å². The molecule has 5 aromatic rings. The molecule has 0 atom stereocenters. The third-order valence-corrected chi connectivity index (χ3v) is 5.70. The smallest absolute Gasteiger partial charge is 0.00255 e. The van der Waals surface area contributed by atoms with Gasteiger partial charge in [-0.05, 0) is 57.0 Å². The Morgan fingerprint density at radius 3 is 1.32 bits per heavy atom. The molecule has 0 aromatic heterocycles. The van der Waals surface area contributed by atoms with Crippen LogP contribution in [0.25, 0.3) is 33.4 Å². The Kier molecular flexibility index (Phi) is 5.45. The summed E-state index contributed by atoms with van der Waals surface area (Å²) in [5.74, 6) is 0. The Labute approximate surface area is 184 Å². The van der Waals surface area contributed by atoms with Gasteiger partial charge >= 0.3 is 0 Å². The lowest BCUT2D eigenvalue weighted by atomic mass is 9.96. The summed E-state index contributed by atoms with van der Waals surface area (Å²) in [5, 5.41) is 0. The van der Waals surface area contributed by atoms with E-state index in [1.54, 1.807) is 0 Å². The highest BCUT2D eigenvalue weighted by Crippen LogP contribution is 2.27. The predicted octanol–water partition coefficient (Wildman–Crippen LogP) is 8.28. The second-order valence-electron chi connectivity index (χ2n) is 7.89. The van der Waals surface area contributed by atoms with Crippen molar-refractivity contribution >= 4 is 0 Å². The molecule has 0 unspecified atom stereocenters. The van der Waals surface area contributed by atoms with Crippen molar-refractivity contribution in [3.05, 3.63) is 145 Å². The molecule has 0 aliphatic rings. The lowest BCUT2D eigenvalue weighted by molar-refractivity contribution is 1.19. The topological polar surface area (TPSA) is 0 Å². The van der Waals surface area contributed by atoms with Gasteiger partial charge < -0.3 is 0 Å². The van der Waals surface area contributed by atoms with Crippen LogP contribution in [0, 0.1) is 0 Å². The Morgan fingerprint density at radius 1 is 0.290 bits per heavy atom. The van der Waals surface area contributed by atoms with E-state index >= 15 is 0 Å².